The van der Waals surface area contributed by atoms with Gasteiger partial charge in [-0.25, -0.2) is 0 Å². The highest BCUT2D eigenvalue weighted by molar-refractivity contribution is 6.10. The minimum absolute atomic E-state index is 0. The lowest BCUT2D eigenvalue weighted by Crippen LogP contribution is -2.36. The molecule has 0 saturated heterocycles. The lowest BCUT2D eigenvalue weighted by Gasteiger charge is -2.22. The Morgan fingerprint density at radius 2 is 1.52 bits per heavy atom. The summed E-state index contributed by atoms with van der Waals surface area (Å²) in [5, 5.41) is 12.4. The standard InChI is InChI=1S/C25H38N4O.3ClH/c1-29(2)24-15-14-23(21-12-6-7-13-22(21)24)25(30)28-17-9-8-16-26-18-19-27-20-10-4-3-5-11-20;;;/h6-7,12-15,20,26-27H,3-5,8-11,16-19H2,1-2H3,(H,28,30);3*1H. The molecule has 0 heterocycles. The smallest absolute Gasteiger partial charge is 0.251 e. The van der Waals surface area contributed by atoms with E-state index < -0.39 is 0 Å². The van der Waals surface area contributed by atoms with Crippen LogP contribution in [0.1, 0.15) is 55.3 Å². The van der Waals surface area contributed by atoms with Crippen LogP contribution in [0.4, 0.5) is 5.69 Å². The van der Waals surface area contributed by atoms with Crippen molar-refractivity contribution >= 4 is 59.6 Å². The predicted molar refractivity (Wildman–Crippen MR) is 149 cm³/mol. The molecule has 0 aromatic heterocycles. The van der Waals surface area contributed by atoms with Crippen molar-refractivity contribution in [3.63, 3.8) is 0 Å². The zero-order chi connectivity index (χ0) is 21.2. The first-order valence-electron chi connectivity index (χ1n) is 11.6. The van der Waals surface area contributed by atoms with E-state index in [9.17, 15) is 4.79 Å². The highest BCUT2D eigenvalue weighted by Gasteiger charge is 2.13. The summed E-state index contributed by atoms with van der Waals surface area (Å²) in [5.74, 6) is 0.0150. The summed E-state index contributed by atoms with van der Waals surface area (Å²) in [6, 6.07) is 12.8. The summed E-state index contributed by atoms with van der Waals surface area (Å²) in [4.78, 5) is 14.8. The Labute approximate surface area is 218 Å². The van der Waals surface area contributed by atoms with Crippen molar-refractivity contribution < 1.29 is 4.79 Å². The summed E-state index contributed by atoms with van der Waals surface area (Å²) in [6.07, 6.45) is 8.91. The summed E-state index contributed by atoms with van der Waals surface area (Å²) < 4.78 is 0. The second-order valence-electron chi connectivity index (χ2n) is 8.57. The van der Waals surface area contributed by atoms with E-state index in [1.54, 1.807) is 0 Å². The first kappa shape index (κ1) is 31.8. The molecule has 1 aliphatic carbocycles. The maximum absolute atomic E-state index is 12.7. The van der Waals surface area contributed by atoms with Crippen LogP contribution in [0, 0.1) is 0 Å². The number of halogens is 3. The van der Waals surface area contributed by atoms with Crippen LogP contribution >= 0.6 is 37.2 Å². The van der Waals surface area contributed by atoms with Gasteiger partial charge in [-0.15, -0.1) is 37.2 Å². The normalized spacial score (nSPS) is 13.4. The zero-order valence-corrected chi connectivity index (χ0v) is 22.3. The molecule has 0 aliphatic heterocycles. The molecule has 0 unspecified atom stereocenters. The van der Waals surface area contributed by atoms with Gasteiger partial charge < -0.3 is 20.9 Å². The minimum Gasteiger partial charge on any atom is -0.377 e. The molecule has 0 atom stereocenters. The van der Waals surface area contributed by atoms with Crippen LogP contribution in [-0.2, 0) is 0 Å². The van der Waals surface area contributed by atoms with Crippen LogP contribution in [0.2, 0.25) is 0 Å². The molecule has 1 saturated carbocycles. The molecular weight excluding hydrogens is 479 g/mol. The second-order valence-corrected chi connectivity index (χ2v) is 8.57. The van der Waals surface area contributed by atoms with Crippen molar-refractivity contribution in [2.24, 2.45) is 0 Å². The number of fused-ring (bicyclic) bond motifs is 1. The number of hydrogen-bond donors (Lipinski definition) is 3. The number of nitrogens with zero attached hydrogens (tertiary/aromatic N) is 1. The van der Waals surface area contributed by atoms with Gasteiger partial charge >= 0.3 is 0 Å². The van der Waals surface area contributed by atoms with Gasteiger partial charge in [0, 0.05) is 56.4 Å². The van der Waals surface area contributed by atoms with Gasteiger partial charge in [-0.3, -0.25) is 4.79 Å². The van der Waals surface area contributed by atoms with Gasteiger partial charge in [0.05, 0.1) is 0 Å². The van der Waals surface area contributed by atoms with Crippen molar-refractivity contribution in [1.82, 2.24) is 16.0 Å². The summed E-state index contributed by atoms with van der Waals surface area (Å²) in [5.41, 5.74) is 1.88. The maximum Gasteiger partial charge on any atom is 0.251 e. The third-order valence-corrected chi connectivity index (χ3v) is 6.03. The SMILES string of the molecule is CN(C)c1ccc(C(=O)NCCCCNCCNC2CCCCC2)c2ccccc12.Cl.Cl.Cl. The number of amides is 1. The fourth-order valence-electron chi connectivity index (χ4n) is 4.34. The van der Waals surface area contributed by atoms with Crippen molar-refractivity contribution in [2.45, 2.75) is 51.0 Å². The van der Waals surface area contributed by atoms with Gasteiger partial charge in [0.25, 0.3) is 5.91 Å². The zero-order valence-electron chi connectivity index (χ0n) is 19.9. The van der Waals surface area contributed by atoms with Gasteiger partial charge in [0.1, 0.15) is 0 Å². The van der Waals surface area contributed by atoms with E-state index >= 15 is 0 Å². The van der Waals surface area contributed by atoms with E-state index in [1.807, 2.05) is 44.4 Å². The quantitative estimate of drug-likeness (QED) is 0.358. The Balaban J connectivity index is 0.00000341. The van der Waals surface area contributed by atoms with Crippen molar-refractivity contribution in [1.29, 1.82) is 0 Å². The number of nitrogens with one attached hydrogen (secondary N) is 3. The molecule has 1 aliphatic rings. The lowest BCUT2D eigenvalue weighted by molar-refractivity contribution is 0.0954. The number of hydrogen-bond acceptors (Lipinski definition) is 4. The van der Waals surface area contributed by atoms with Crippen molar-refractivity contribution in [2.75, 3.05) is 45.2 Å². The third-order valence-electron chi connectivity index (χ3n) is 6.03. The van der Waals surface area contributed by atoms with Gasteiger partial charge in [-0.1, -0.05) is 43.5 Å². The topological polar surface area (TPSA) is 56.4 Å². The molecule has 8 heteroatoms. The van der Waals surface area contributed by atoms with Crippen LogP contribution in [0.25, 0.3) is 10.8 Å². The number of carbonyl (C=O) groups is 1. The van der Waals surface area contributed by atoms with Crippen LogP contribution in [0.15, 0.2) is 36.4 Å². The number of rotatable bonds is 11. The first-order chi connectivity index (χ1) is 14.7. The van der Waals surface area contributed by atoms with E-state index in [4.69, 9.17) is 0 Å². The third kappa shape index (κ3) is 9.87. The summed E-state index contributed by atoms with van der Waals surface area (Å²) >= 11 is 0. The Bertz CT molecular complexity index is 813. The fourth-order valence-corrected chi connectivity index (χ4v) is 4.34. The number of anilines is 1. The predicted octanol–water partition coefficient (Wildman–Crippen LogP) is 5.19. The Morgan fingerprint density at radius 1 is 0.848 bits per heavy atom. The fraction of sp³-hybridized carbons (Fsp3) is 0.560. The molecule has 3 N–H and O–H groups in total. The second kappa shape index (κ2) is 17.2. The van der Waals surface area contributed by atoms with Crippen molar-refractivity contribution in [3.8, 4) is 0 Å². The number of benzene rings is 2. The van der Waals surface area contributed by atoms with Crippen LogP contribution in [0.3, 0.4) is 0 Å². The molecule has 1 amide bonds. The van der Waals surface area contributed by atoms with Gasteiger partial charge in [0.2, 0.25) is 0 Å². The molecule has 188 valence electrons. The van der Waals surface area contributed by atoms with E-state index in [1.165, 1.54) is 32.1 Å². The van der Waals surface area contributed by atoms with E-state index in [-0.39, 0.29) is 43.1 Å². The Kier molecular flexibility index (Phi) is 16.6. The Hall–Kier alpha value is -1.24. The van der Waals surface area contributed by atoms with E-state index in [0.717, 1.165) is 60.5 Å². The molecule has 0 radical (unpaired) electrons. The van der Waals surface area contributed by atoms with Crippen LogP contribution in [0.5, 0.6) is 0 Å². The minimum atomic E-state index is 0. The van der Waals surface area contributed by atoms with E-state index in [2.05, 4.69) is 26.9 Å². The average Bonchev–Trinajstić information content (AvgIpc) is 2.77. The van der Waals surface area contributed by atoms with E-state index in [0.29, 0.717) is 6.54 Å². The molecular formula is C25H41Cl3N4O. The Morgan fingerprint density at radius 3 is 2.21 bits per heavy atom. The number of carbonyl (C=O) groups excluding carboxylic acids is 1. The molecule has 3 rings (SSSR count). The molecule has 33 heavy (non-hydrogen) atoms. The van der Waals surface area contributed by atoms with Crippen LogP contribution in [-0.4, -0.2) is 52.2 Å². The average molecular weight is 520 g/mol. The van der Waals surface area contributed by atoms with Crippen LogP contribution < -0.4 is 20.9 Å². The molecule has 2 aromatic carbocycles. The first-order valence-corrected chi connectivity index (χ1v) is 11.6. The lowest BCUT2D eigenvalue weighted by atomic mass is 9.95. The highest BCUT2D eigenvalue weighted by Crippen LogP contribution is 2.28. The monoisotopic (exact) mass is 518 g/mol. The maximum atomic E-state index is 12.7. The summed E-state index contributed by atoms with van der Waals surface area (Å²) in [6.45, 7) is 3.79. The number of unbranched alkanes of at least 4 members (excludes halogenated alkanes) is 1. The van der Waals surface area contributed by atoms with Crippen molar-refractivity contribution in [3.05, 3.63) is 42.0 Å². The molecule has 0 spiro atoms. The highest BCUT2D eigenvalue weighted by atomic mass is 35.5. The largest absolute Gasteiger partial charge is 0.377 e. The molecule has 0 bridgehead atoms. The molecule has 2 aromatic rings. The summed E-state index contributed by atoms with van der Waals surface area (Å²) in [7, 11) is 4.06. The van der Waals surface area contributed by atoms with Gasteiger partial charge in [-0.2, -0.15) is 0 Å². The van der Waals surface area contributed by atoms with Gasteiger partial charge in [0.15, 0.2) is 0 Å². The molecule has 1 fully saturated rings. The molecule has 5 nitrogen and oxygen atoms in total. The van der Waals surface area contributed by atoms with Gasteiger partial charge in [-0.05, 0) is 49.7 Å².